The molecule has 0 unspecified atom stereocenters. The number of carbonyl (C=O) groups is 1. The average Bonchev–Trinajstić information content (AvgIpc) is 2.26. The molecule has 0 aliphatic rings. The van der Waals surface area contributed by atoms with Gasteiger partial charge in [0.1, 0.15) is 0 Å². The highest BCUT2D eigenvalue weighted by molar-refractivity contribution is 6.33. The van der Waals surface area contributed by atoms with Gasteiger partial charge in [-0.2, -0.15) is 0 Å². The Balaban J connectivity index is 2.95. The molecular weight excluding hydrogens is 244 g/mol. The van der Waals surface area contributed by atoms with Gasteiger partial charge in [0.05, 0.1) is 15.5 Å². The van der Waals surface area contributed by atoms with E-state index < -0.39 is 10.8 Å². The van der Waals surface area contributed by atoms with Crippen LogP contribution in [0.3, 0.4) is 0 Å². The fourth-order valence-corrected chi connectivity index (χ4v) is 1.33. The van der Waals surface area contributed by atoms with Crippen molar-refractivity contribution in [2.24, 2.45) is 0 Å². The summed E-state index contributed by atoms with van der Waals surface area (Å²) in [6.45, 7) is 5.70. The van der Waals surface area contributed by atoms with E-state index in [2.05, 4.69) is 11.9 Å². The molecule has 1 amide bonds. The first-order valence-corrected chi connectivity index (χ1v) is 5.16. The molecule has 1 rings (SSSR count). The van der Waals surface area contributed by atoms with Crippen molar-refractivity contribution in [2.45, 2.75) is 6.92 Å². The zero-order valence-electron chi connectivity index (χ0n) is 9.20. The summed E-state index contributed by atoms with van der Waals surface area (Å²) in [6, 6.07) is 3.73. The van der Waals surface area contributed by atoms with Crippen LogP contribution in [0.1, 0.15) is 17.3 Å². The molecule has 0 spiro atoms. The molecule has 6 heteroatoms. The van der Waals surface area contributed by atoms with E-state index in [0.29, 0.717) is 6.54 Å². The summed E-state index contributed by atoms with van der Waals surface area (Å²) < 4.78 is 0. The van der Waals surface area contributed by atoms with Crippen LogP contribution in [0.2, 0.25) is 5.02 Å². The van der Waals surface area contributed by atoms with Gasteiger partial charge in [-0.05, 0) is 13.0 Å². The van der Waals surface area contributed by atoms with Crippen LogP contribution in [0.5, 0.6) is 0 Å². The van der Waals surface area contributed by atoms with Gasteiger partial charge < -0.3 is 5.32 Å². The smallest absolute Gasteiger partial charge is 0.270 e. The molecule has 5 nitrogen and oxygen atoms in total. The minimum Gasteiger partial charge on any atom is -0.348 e. The average molecular weight is 255 g/mol. The van der Waals surface area contributed by atoms with Crippen molar-refractivity contribution in [3.63, 3.8) is 0 Å². The molecule has 1 N–H and O–H groups in total. The SMILES string of the molecule is C=C(C)CNC(=O)c1cc([N+](=O)[O-])ccc1Cl. The molecular formula is C11H11ClN2O3. The number of carbonyl (C=O) groups excluding carboxylic acids is 1. The van der Waals surface area contributed by atoms with Crippen LogP contribution >= 0.6 is 11.6 Å². The fraction of sp³-hybridized carbons (Fsp3) is 0.182. The highest BCUT2D eigenvalue weighted by atomic mass is 35.5. The standard InChI is InChI=1S/C11H11ClN2O3/c1-7(2)6-13-11(15)9-5-8(14(16)17)3-4-10(9)12/h3-5H,1,6H2,2H3,(H,13,15). The summed E-state index contributed by atoms with van der Waals surface area (Å²) in [5, 5.41) is 13.3. The molecule has 0 aromatic heterocycles. The van der Waals surface area contributed by atoms with E-state index in [4.69, 9.17) is 11.6 Å². The maximum Gasteiger partial charge on any atom is 0.270 e. The van der Waals surface area contributed by atoms with Crippen molar-refractivity contribution in [3.8, 4) is 0 Å². The van der Waals surface area contributed by atoms with Gasteiger partial charge in [-0.25, -0.2) is 0 Å². The van der Waals surface area contributed by atoms with E-state index in [0.717, 1.165) is 11.6 Å². The van der Waals surface area contributed by atoms with E-state index in [1.807, 2.05) is 0 Å². The van der Waals surface area contributed by atoms with Crippen LogP contribution in [-0.2, 0) is 0 Å². The predicted molar refractivity (Wildman–Crippen MR) is 65.3 cm³/mol. The maximum absolute atomic E-state index is 11.7. The number of rotatable bonds is 4. The third kappa shape index (κ3) is 3.57. The van der Waals surface area contributed by atoms with Crippen molar-refractivity contribution in [2.75, 3.05) is 6.54 Å². The Morgan fingerprint density at radius 3 is 2.76 bits per heavy atom. The molecule has 1 aromatic rings. The fourth-order valence-electron chi connectivity index (χ4n) is 1.13. The number of nitrogens with one attached hydrogen (secondary N) is 1. The number of benzene rings is 1. The van der Waals surface area contributed by atoms with E-state index in [1.165, 1.54) is 12.1 Å². The van der Waals surface area contributed by atoms with Gasteiger partial charge in [0.25, 0.3) is 11.6 Å². The van der Waals surface area contributed by atoms with E-state index >= 15 is 0 Å². The number of amides is 1. The van der Waals surface area contributed by atoms with Gasteiger partial charge in [0.15, 0.2) is 0 Å². The minimum absolute atomic E-state index is 0.0853. The van der Waals surface area contributed by atoms with Crippen molar-refractivity contribution < 1.29 is 9.72 Å². The second-order valence-electron chi connectivity index (χ2n) is 3.56. The van der Waals surface area contributed by atoms with Crippen molar-refractivity contribution in [1.29, 1.82) is 0 Å². The van der Waals surface area contributed by atoms with Gasteiger partial charge in [0, 0.05) is 18.7 Å². The lowest BCUT2D eigenvalue weighted by molar-refractivity contribution is -0.384. The van der Waals surface area contributed by atoms with Gasteiger partial charge in [0.2, 0.25) is 0 Å². The van der Waals surface area contributed by atoms with Crippen molar-refractivity contribution >= 4 is 23.2 Å². The van der Waals surface area contributed by atoms with Crippen LogP contribution in [0, 0.1) is 10.1 Å². The van der Waals surface area contributed by atoms with Crippen LogP contribution in [-0.4, -0.2) is 17.4 Å². The molecule has 17 heavy (non-hydrogen) atoms. The Hall–Kier alpha value is -1.88. The zero-order valence-corrected chi connectivity index (χ0v) is 9.95. The lowest BCUT2D eigenvalue weighted by Gasteiger charge is -2.06. The van der Waals surface area contributed by atoms with E-state index in [9.17, 15) is 14.9 Å². The number of nitro groups is 1. The highest BCUT2D eigenvalue weighted by Crippen LogP contribution is 2.21. The van der Waals surface area contributed by atoms with E-state index in [-0.39, 0.29) is 16.3 Å². The molecule has 0 heterocycles. The topological polar surface area (TPSA) is 72.2 Å². The van der Waals surface area contributed by atoms with Crippen LogP contribution in [0.15, 0.2) is 30.4 Å². The first kappa shape index (κ1) is 13.2. The lowest BCUT2D eigenvalue weighted by Crippen LogP contribution is -2.25. The zero-order chi connectivity index (χ0) is 13.0. The summed E-state index contributed by atoms with van der Waals surface area (Å²) in [4.78, 5) is 21.7. The van der Waals surface area contributed by atoms with Gasteiger partial charge in [-0.15, -0.1) is 0 Å². The number of non-ortho nitro benzene ring substituents is 1. The molecule has 0 aliphatic heterocycles. The van der Waals surface area contributed by atoms with Gasteiger partial charge in [-0.1, -0.05) is 23.8 Å². The van der Waals surface area contributed by atoms with Gasteiger partial charge in [-0.3, -0.25) is 14.9 Å². The number of hydrogen-bond acceptors (Lipinski definition) is 3. The minimum atomic E-state index is -0.578. The molecule has 0 fully saturated rings. The first-order chi connectivity index (χ1) is 7.91. The second kappa shape index (κ2) is 5.45. The lowest BCUT2D eigenvalue weighted by atomic mass is 10.2. The third-order valence-electron chi connectivity index (χ3n) is 1.96. The summed E-state index contributed by atoms with van der Waals surface area (Å²) in [7, 11) is 0. The van der Waals surface area contributed by atoms with Crippen LogP contribution in [0.4, 0.5) is 5.69 Å². The molecule has 0 radical (unpaired) electrons. The number of nitro benzene ring substituents is 1. The van der Waals surface area contributed by atoms with Crippen LogP contribution < -0.4 is 5.32 Å². The predicted octanol–water partition coefficient (Wildman–Crippen LogP) is 2.55. The monoisotopic (exact) mass is 254 g/mol. The largest absolute Gasteiger partial charge is 0.348 e. The normalized spacial score (nSPS) is 9.76. The Kier molecular flexibility index (Phi) is 4.23. The van der Waals surface area contributed by atoms with E-state index in [1.54, 1.807) is 6.92 Å². The quantitative estimate of drug-likeness (QED) is 0.510. The molecule has 0 atom stereocenters. The highest BCUT2D eigenvalue weighted by Gasteiger charge is 2.15. The Morgan fingerprint density at radius 2 is 2.24 bits per heavy atom. The Labute approximate surface area is 103 Å². The van der Waals surface area contributed by atoms with Gasteiger partial charge >= 0.3 is 0 Å². The van der Waals surface area contributed by atoms with Crippen molar-refractivity contribution in [3.05, 3.63) is 51.1 Å². The maximum atomic E-state index is 11.7. The number of nitrogens with zero attached hydrogens (tertiary/aromatic N) is 1. The van der Waals surface area contributed by atoms with Crippen molar-refractivity contribution in [1.82, 2.24) is 5.32 Å². The first-order valence-electron chi connectivity index (χ1n) is 4.78. The Bertz CT molecular complexity index is 486. The summed E-state index contributed by atoms with van der Waals surface area (Å²) >= 11 is 5.81. The van der Waals surface area contributed by atoms with Crippen LogP contribution in [0.25, 0.3) is 0 Å². The summed E-state index contributed by atoms with van der Waals surface area (Å²) in [5.74, 6) is -0.457. The summed E-state index contributed by atoms with van der Waals surface area (Å²) in [5.41, 5.74) is 0.692. The summed E-state index contributed by atoms with van der Waals surface area (Å²) in [6.07, 6.45) is 0. The molecule has 0 bridgehead atoms. The molecule has 0 saturated heterocycles. The third-order valence-corrected chi connectivity index (χ3v) is 2.29. The second-order valence-corrected chi connectivity index (χ2v) is 3.97. The molecule has 90 valence electrons. The number of halogens is 1. The number of hydrogen-bond donors (Lipinski definition) is 1. The molecule has 1 aromatic carbocycles. The Morgan fingerprint density at radius 1 is 1.59 bits per heavy atom. The molecule has 0 saturated carbocycles. The molecule has 0 aliphatic carbocycles.